The van der Waals surface area contributed by atoms with E-state index in [1.165, 1.54) is 5.56 Å². The molecule has 0 heterocycles. The van der Waals surface area contributed by atoms with Crippen LogP contribution >= 0.6 is 0 Å². The minimum atomic E-state index is 0.0445. The van der Waals surface area contributed by atoms with Crippen LogP contribution in [-0.2, 0) is 4.74 Å². The highest BCUT2D eigenvalue weighted by Crippen LogP contribution is 2.16. The lowest BCUT2D eigenvalue weighted by Gasteiger charge is -2.20. The van der Waals surface area contributed by atoms with Gasteiger partial charge in [0.05, 0.1) is 19.8 Å². The highest BCUT2D eigenvalue weighted by molar-refractivity contribution is 5.99. The fourth-order valence-corrected chi connectivity index (χ4v) is 2.18. The molecule has 0 radical (unpaired) electrons. The topological polar surface area (TPSA) is 49.8 Å². The van der Waals surface area contributed by atoms with Gasteiger partial charge < -0.3 is 9.84 Å². The van der Waals surface area contributed by atoms with Crippen LogP contribution in [0.2, 0.25) is 0 Å². The van der Waals surface area contributed by atoms with Crippen molar-refractivity contribution >= 4 is 5.78 Å². The Kier molecular flexibility index (Phi) is 6.85. The van der Waals surface area contributed by atoms with Gasteiger partial charge in [0.2, 0.25) is 0 Å². The molecule has 1 N–H and O–H groups in total. The number of ketones is 1. The summed E-state index contributed by atoms with van der Waals surface area (Å²) in [7, 11) is 1.63. The van der Waals surface area contributed by atoms with Gasteiger partial charge in [-0.1, -0.05) is 6.07 Å². The van der Waals surface area contributed by atoms with Gasteiger partial charge in [-0.2, -0.15) is 0 Å². The number of carbonyl (C=O) groups is 1. The smallest absolute Gasteiger partial charge is 0.177 e. The highest BCUT2D eigenvalue weighted by Gasteiger charge is 2.15. The molecule has 0 aliphatic carbocycles. The molecule has 20 heavy (non-hydrogen) atoms. The van der Waals surface area contributed by atoms with Crippen molar-refractivity contribution in [3.8, 4) is 0 Å². The molecule has 0 aromatic heterocycles. The van der Waals surface area contributed by atoms with Crippen LogP contribution in [0.5, 0.6) is 0 Å². The van der Waals surface area contributed by atoms with Crippen molar-refractivity contribution in [3.05, 3.63) is 34.4 Å². The second-order valence-electron chi connectivity index (χ2n) is 5.17. The summed E-state index contributed by atoms with van der Waals surface area (Å²) in [4.78, 5) is 14.3. The van der Waals surface area contributed by atoms with Crippen molar-refractivity contribution < 1.29 is 14.6 Å². The lowest BCUT2D eigenvalue weighted by atomic mass is 9.98. The number of aliphatic hydroxyl groups excluding tert-OH is 1. The maximum absolute atomic E-state index is 12.4. The maximum atomic E-state index is 12.4. The van der Waals surface area contributed by atoms with Gasteiger partial charge in [0, 0.05) is 25.8 Å². The molecule has 0 spiro atoms. The number of hydrogen-bond donors (Lipinski definition) is 1. The number of hydrogen-bond acceptors (Lipinski definition) is 4. The Morgan fingerprint density at radius 2 is 1.80 bits per heavy atom. The second kappa shape index (κ2) is 8.15. The van der Waals surface area contributed by atoms with Gasteiger partial charge in [-0.3, -0.25) is 9.69 Å². The summed E-state index contributed by atoms with van der Waals surface area (Å²) >= 11 is 0. The molecule has 0 bridgehead atoms. The average molecular weight is 279 g/mol. The van der Waals surface area contributed by atoms with E-state index >= 15 is 0 Å². The quantitative estimate of drug-likeness (QED) is 0.736. The first-order valence-electron chi connectivity index (χ1n) is 6.92. The first-order chi connectivity index (χ1) is 9.49. The SMILES string of the molecule is COCCN(CCO)CC(=O)c1cc(C)c(C)cc1C. The minimum absolute atomic E-state index is 0.0445. The standard InChI is InChI=1S/C16H25NO3/c1-12-9-14(3)15(10-13(12)2)16(19)11-17(5-7-18)6-8-20-4/h9-10,18H,5-8,11H2,1-4H3. The van der Waals surface area contributed by atoms with Crippen molar-refractivity contribution in [2.75, 3.05) is 40.0 Å². The zero-order valence-electron chi connectivity index (χ0n) is 12.9. The summed E-state index contributed by atoms with van der Waals surface area (Å²) in [6.45, 7) is 8.07. The molecule has 0 aliphatic heterocycles. The van der Waals surface area contributed by atoms with Gasteiger partial charge in [-0.15, -0.1) is 0 Å². The Balaban J connectivity index is 2.80. The van der Waals surface area contributed by atoms with E-state index in [-0.39, 0.29) is 12.4 Å². The van der Waals surface area contributed by atoms with E-state index in [0.717, 1.165) is 16.7 Å². The largest absolute Gasteiger partial charge is 0.395 e. The molecule has 4 heteroatoms. The minimum Gasteiger partial charge on any atom is -0.395 e. The zero-order valence-corrected chi connectivity index (χ0v) is 12.9. The number of benzene rings is 1. The van der Waals surface area contributed by atoms with Gasteiger partial charge in [0.15, 0.2) is 5.78 Å². The van der Waals surface area contributed by atoms with Crippen LogP contribution in [-0.4, -0.2) is 55.7 Å². The molecule has 1 rings (SSSR count). The summed E-state index contributed by atoms with van der Waals surface area (Å²) < 4.78 is 5.03. The third-order valence-electron chi connectivity index (χ3n) is 3.54. The highest BCUT2D eigenvalue weighted by atomic mass is 16.5. The van der Waals surface area contributed by atoms with Crippen molar-refractivity contribution in [1.82, 2.24) is 4.90 Å². The van der Waals surface area contributed by atoms with E-state index in [9.17, 15) is 4.79 Å². The molecule has 0 fully saturated rings. The Morgan fingerprint density at radius 1 is 1.15 bits per heavy atom. The summed E-state index contributed by atoms with van der Waals surface area (Å²) in [5, 5.41) is 9.06. The number of methoxy groups -OCH3 is 1. The van der Waals surface area contributed by atoms with Gasteiger partial charge in [-0.05, 0) is 43.5 Å². The summed E-state index contributed by atoms with van der Waals surface area (Å²) in [5.74, 6) is 0.0927. The van der Waals surface area contributed by atoms with Crippen LogP contribution in [0, 0.1) is 20.8 Å². The molecule has 1 aromatic carbocycles. The van der Waals surface area contributed by atoms with Crippen molar-refractivity contribution in [2.24, 2.45) is 0 Å². The van der Waals surface area contributed by atoms with Gasteiger partial charge in [0.25, 0.3) is 0 Å². The number of nitrogens with zero attached hydrogens (tertiary/aromatic N) is 1. The van der Waals surface area contributed by atoms with E-state index in [1.54, 1.807) is 7.11 Å². The fourth-order valence-electron chi connectivity index (χ4n) is 2.18. The van der Waals surface area contributed by atoms with E-state index in [0.29, 0.717) is 26.2 Å². The number of rotatable bonds is 8. The van der Waals surface area contributed by atoms with Crippen LogP contribution < -0.4 is 0 Å². The van der Waals surface area contributed by atoms with Crippen LogP contribution in [0.25, 0.3) is 0 Å². The van der Waals surface area contributed by atoms with Gasteiger partial charge >= 0.3 is 0 Å². The maximum Gasteiger partial charge on any atom is 0.177 e. The Hall–Kier alpha value is -1.23. The van der Waals surface area contributed by atoms with Crippen LogP contribution in [0.15, 0.2) is 12.1 Å². The number of Topliss-reactive ketones (excluding diaryl/α,β-unsaturated/α-hetero) is 1. The summed E-state index contributed by atoms with van der Waals surface area (Å²) in [5.41, 5.74) is 4.11. The molecule has 0 aliphatic rings. The summed E-state index contributed by atoms with van der Waals surface area (Å²) in [6, 6.07) is 4.01. The molecule has 0 atom stereocenters. The lowest BCUT2D eigenvalue weighted by Crippen LogP contribution is -2.35. The van der Waals surface area contributed by atoms with Gasteiger partial charge in [-0.25, -0.2) is 0 Å². The van der Waals surface area contributed by atoms with Crippen LogP contribution in [0.1, 0.15) is 27.0 Å². The zero-order chi connectivity index (χ0) is 15.1. The first kappa shape index (κ1) is 16.8. The average Bonchev–Trinajstić information content (AvgIpc) is 2.40. The summed E-state index contributed by atoms with van der Waals surface area (Å²) in [6.07, 6.45) is 0. The van der Waals surface area contributed by atoms with Crippen LogP contribution in [0.4, 0.5) is 0 Å². The van der Waals surface area contributed by atoms with Gasteiger partial charge in [0.1, 0.15) is 0 Å². The monoisotopic (exact) mass is 279 g/mol. The second-order valence-corrected chi connectivity index (χ2v) is 5.17. The van der Waals surface area contributed by atoms with E-state index in [4.69, 9.17) is 9.84 Å². The molecule has 1 aromatic rings. The van der Waals surface area contributed by atoms with E-state index in [2.05, 4.69) is 0 Å². The number of aliphatic hydroxyl groups is 1. The Bertz CT molecular complexity index is 457. The Labute approximate surface area is 121 Å². The van der Waals surface area contributed by atoms with Crippen molar-refractivity contribution in [3.63, 3.8) is 0 Å². The predicted octanol–water partition coefficient (Wildman–Crippen LogP) is 1.74. The van der Waals surface area contributed by atoms with E-state index < -0.39 is 0 Å². The number of ether oxygens (including phenoxy) is 1. The molecular formula is C16H25NO3. The molecule has 0 saturated carbocycles. The Morgan fingerprint density at radius 3 is 2.40 bits per heavy atom. The third-order valence-corrected chi connectivity index (χ3v) is 3.54. The molecule has 0 saturated heterocycles. The molecule has 4 nitrogen and oxygen atoms in total. The number of carbonyl (C=O) groups excluding carboxylic acids is 1. The normalized spacial score (nSPS) is 11.1. The molecular weight excluding hydrogens is 254 g/mol. The molecule has 0 unspecified atom stereocenters. The van der Waals surface area contributed by atoms with Crippen LogP contribution in [0.3, 0.4) is 0 Å². The predicted molar refractivity (Wildman–Crippen MR) is 80.4 cm³/mol. The molecule has 112 valence electrons. The first-order valence-corrected chi connectivity index (χ1v) is 6.92. The van der Waals surface area contributed by atoms with Crippen molar-refractivity contribution in [2.45, 2.75) is 20.8 Å². The molecule has 0 amide bonds. The van der Waals surface area contributed by atoms with E-state index in [1.807, 2.05) is 37.8 Å². The van der Waals surface area contributed by atoms with Crippen molar-refractivity contribution in [1.29, 1.82) is 0 Å². The number of aryl methyl sites for hydroxylation is 3. The fraction of sp³-hybridized carbons (Fsp3) is 0.562. The third kappa shape index (κ3) is 4.71. The lowest BCUT2D eigenvalue weighted by molar-refractivity contribution is 0.0868.